The second-order valence-corrected chi connectivity index (χ2v) is 7.22. The van der Waals surface area contributed by atoms with Crippen molar-refractivity contribution in [2.45, 2.75) is 32.0 Å². The summed E-state index contributed by atoms with van der Waals surface area (Å²) in [7, 11) is 0. The van der Waals surface area contributed by atoms with Crippen molar-refractivity contribution in [2.75, 3.05) is 11.1 Å². The number of aromatic nitrogens is 4. The Morgan fingerprint density at radius 2 is 2.08 bits per heavy atom. The van der Waals surface area contributed by atoms with Crippen LogP contribution in [0.3, 0.4) is 0 Å². The van der Waals surface area contributed by atoms with Crippen LogP contribution < -0.4 is 5.32 Å². The predicted molar refractivity (Wildman–Crippen MR) is 102 cm³/mol. The maximum Gasteiger partial charge on any atom is 0.236 e. The molecule has 2 heterocycles. The zero-order valence-electron chi connectivity index (χ0n) is 14.1. The maximum atomic E-state index is 12.2. The molecule has 0 aliphatic heterocycles. The van der Waals surface area contributed by atoms with Crippen molar-refractivity contribution in [3.05, 3.63) is 41.5 Å². The van der Waals surface area contributed by atoms with E-state index in [4.69, 9.17) is 0 Å². The van der Waals surface area contributed by atoms with E-state index in [1.807, 2.05) is 47.2 Å². The van der Waals surface area contributed by atoms with Gasteiger partial charge in [-0.15, -0.1) is 21.5 Å². The highest BCUT2D eigenvalue weighted by Crippen LogP contribution is 2.25. The molecule has 0 bridgehead atoms. The van der Waals surface area contributed by atoms with Crippen LogP contribution in [-0.4, -0.2) is 31.4 Å². The van der Waals surface area contributed by atoms with E-state index in [2.05, 4.69) is 27.4 Å². The molecule has 0 saturated heterocycles. The number of anilines is 1. The molecule has 1 aromatic carbocycles. The Kier molecular flexibility index (Phi) is 5.83. The van der Waals surface area contributed by atoms with Crippen LogP contribution in [0.2, 0.25) is 0 Å². The van der Waals surface area contributed by atoms with Crippen molar-refractivity contribution in [3.8, 4) is 11.3 Å². The highest BCUT2D eigenvalue weighted by atomic mass is 32.2. The van der Waals surface area contributed by atoms with Gasteiger partial charge in [0, 0.05) is 17.5 Å². The van der Waals surface area contributed by atoms with Gasteiger partial charge < -0.3 is 9.88 Å². The maximum absolute atomic E-state index is 12.2. The van der Waals surface area contributed by atoms with Gasteiger partial charge in [-0.3, -0.25) is 4.79 Å². The van der Waals surface area contributed by atoms with E-state index in [0.717, 1.165) is 35.2 Å². The summed E-state index contributed by atoms with van der Waals surface area (Å²) in [5.41, 5.74) is 1.91. The normalized spacial score (nSPS) is 10.8. The summed E-state index contributed by atoms with van der Waals surface area (Å²) in [6.07, 6.45) is 1.00. The Morgan fingerprint density at radius 3 is 2.84 bits per heavy atom. The van der Waals surface area contributed by atoms with Crippen molar-refractivity contribution >= 4 is 34.1 Å². The van der Waals surface area contributed by atoms with E-state index in [-0.39, 0.29) is 11.7 Å². The third kappa shape index (κ3) is 4.46. The van der Waals surface area contributed by atoms with Crippen LogP contribution in [0, 0.1) is 6.92 Å². The molecule has 0 aliphatic carbocycles. The van der Waals surface area contributed by atoms with Crippen LogP contribution in [0.25, 0.3) is 11.3 Å². The molecule has 8 heteroatoms. The SMILES string of the molecule is CCCn1c(C)nnc1SCC(=O)Nc1nc(-c2ccccc2)cs1. The number of aryl methyl sites for hydroxylation is 1. The third-order valence-electron chi connectivity index (χ3n) is 3.50. The fourth-order valence-corrected chi connectivity index (χ4v) is 3.85. The summed E-state index contributed by atoms with van der Waals surface area (Å²) < 4.78 is 2.04. The van der Waals surface area contributed by atoms with Gasteiger partial charge in [0.25, 0.3) is 0 Å². The van der Waals surface area contributed by atoms with E-state index < -0.39 is 0 Å². The van der Waals surface area contributed by atoms with Crippen LogP contribution in [-0.2, 0) is 11.3 Å². The van der Waals surface area contributed by atoms with Gasteiger partial charge >= 0.3 is 0 Å². The van der Waals surface area contributed by atoms with Gasteiger partial charge in [0.15, 0.2) is 10.3 Å². The van der Waals surface area contributed by atoms with Gasteiger partial charge in [0.2, 0.25) is 5.91 Å². The minimum Gasteiger partial charge on any atom is -0.306 e. The minimum atomic E-state index is -0.0948. The highest BCUT2D eigenvalue weighted by molar-refractivity contribution is 7.99. The van der Waals surface area contributed by atoms with Crippen LogP contribution >= 0.6 is 23.1 Å². The summed E-state index contributed by atoms with van der Waals surface area (Å²) in [5, 5.41) is 14.4. The summed E-state index contributed by atoms with van der Waals surface area (Å²) >= 11 is 2.82. The molecule has 0 unspecified atom stereocenters. The summed E-state index contributed by atoms with van der Waals surface area (Å²) in [5.74, 6) is 1.06. The van der Waals surface area contributed by atoms with Crippen molar-refractivity contribution < 1.29 is 4.79 Å². The van der Waals surface area contributed by atoms with Crippen molar-refractivity contribution in [2.24, 2.45) is 0 Å². The molecule has 0 saturated carbocycles. The first-order chi connectivity index (χ1) is 12.2. The Morgan fingerprint density at radius 1 is 1.28 bits per heavy atom. The number of carbonyl (C=O) groups excluding carboxylic acids is 1. The van der Waals surface area contributed by atoms with Gasteiger partial charge in [-0.2, -0.15) is 0 Å². The first-order valence-electron chi connectivity index (χ1n) is 8.00. The first kappa shape index (κ1) is 17.6. The van der Waals surface area contributed by atoms with E-state index in [1.165, 1.54) is 23.1 Å². The van der Waals surface area contributed by atoms with E-state index >= 15 is 0 Å². The molecule has 25 heavy (non-hydrogen) atoms. The lowest BCUT2D eigenvalue weighted by Gasteiger charge is -2.06. The number of nitrogens with one attached hydrogen (secondary N) is 1. The van der Waals surface area contributed by atoms with Gasteiger partial charge in [-0.25, -0.2) is 4.98 Å². The lowest BCUT2D eigenvalue weighted by atomic mass is 10.2. The average molecular weight is 374 g/mol. The average Bonchev–Trinajstić information content (AvgIpc) is 3.22. The lowest BCUT2D eigenvalue weighted by molar-refractivity contribution is -0.113. The number of hydrogen-bond acceptors (Lipinski definition) is 6. The van der Waals surface area contributed by atoms with Gasteiger partial charge in [-0.1, -0.05) is 49.0 Å². The Balaban J connectivity index is 1.58. The van der Waals surface area contributed by atoms with Crippen LogP contribution in [0.4, 0.5) is 5.13 Å². The number of benzene rings is 1. The summed E-state index contributed by atoms with van der Waals surface area (Å²) in [6, 6.07) is 9.91. The third-order valence-corrected chi connectivity index (χ3v) is 5.23. The molecule has 130 valence electrons. The number of carbonyl (C=O) groups is 1. The van der Waals surface area contributed by atoms with Crippen molar-refractivity contribution in [3.63, 3.8) is 0 Å². The molecule has 0 atom stereocenters. The van der Waals surface area contributed by atoms with Crippen LogP contribution in [0.5, 0.6) is 0 Å². The van der Waals surface area contributed by atoms with Gasteiger partial charge in [0.05, 0.1) is 11.4 Å². The molecule has 3 aromatic rings. The van der Waals surface area contributed by atoms with Crippen LogP contribution in [0.15, 0.2) is 40.9 Å². The lowest BCUT2D eigenvalue weighted by Crippen LogP contribution is -2.14. The molecule has 0 fully saturated rings. The van der Waals surface area contributed by atoms with Gasteiger partial charge in [-0.05, 0) is 13.3 Å². The molecule has 1 N–H and O–H groups in total. The van der Waals surface area contributed by atoms with Crippen molar-refractivity contribution in [1.29, 1.82) is 0 Å². The highest BCUT2D eigenvalue weighted by Gasteiger charge is 2.12. The standard InChI is InChI=1S/C17H19N5OS2/c1-3-9-22-12(2)20-21-17(22)25-11-15(23)19-16-18-14(10-24-16)13-7-5-4-6-8-13/h4-8,10H,3,9,11H2,1-2H3,(H,18,19,23). The molecule has 0 spiro atoms. The number of rotatable bonds is 7. The number of thiazole rings is 1. The van der Waals surface area contributed by atoms with E-state index in [1.54, 1.807) is 0 Å². The number of thioether (sulfide) groups is 1. The number of amides is 1. The second kappa shape index (κ2) is 8.26. The molecule has 0 radical (unpaired) electrons. The Labute approximate surface area is 154 Å². The molecular formula is C17H19N5OS2. The molecular weight excluding hydrogens is 354 g/mol. The fraction of sp³-hybridized carbons (Fsp3) is 0.294. The number of nitrogens with zero attached hydrogens (tertiary/aromatic N) is 4. The predicted octanol–water partition coefficient (Wildman–Crippen LogP) is 3.85. The molecule has 0 aliphatic rings. The molecule has 1 amide bonds. The van der Waals surface area contributed by atoms with Gasteiger partial charge in [0.1, 0.15) is 5.82 Å². The molecule has 3 rings (SSSR count). The van der Waals surface area contributed by atoms with Crippen molar-refractivity contribution in [1.82, 2.24) is 19.7 Å². The second-order valence-electron chi connectivity index (χ2n) is 5.42. The largest absolute Gasteiger partial charge is 0.306 e. The monoisotopic (exact) mass is 373 g/mol. The zero-order chi connectivity index (χ0) is 17.6. The summed E-state index contributed by atoms with van der Waals surface area (Å²) in [4.78, 5) is 16.7. The quantitative estimate of drug-likeness (QED) is 0.637. The summed E-state index contributed by atoms with van der Waals surface area (Å²) in [6.45, 7) is 4.89. The number of hydrogen-bond donors (Lipinski definition) is 1. The molecule has 2 aromatic heterocycles. The topological polar surface area (TPSA) is 72.7 Å². The van der Waals surface area contributed by atoms with Crippen LogP contribution in [0.1, 0.15) is 19.2 Å². The van der Waals surface area contributed by atoms with E-state index in [0.29, 0.717) is 5.13 Å². The zero-order valence-corrected chi connectivity index (χ0v) is 15.7. The molecule has 6 nitrogen and oxygen atoms in total. The smallest absolute Gasteiger partial charge is 0.236 e. The van der Waals surface area contributed by atoms with E-state index in [9.17, 15) is 4.79 Å². The fourth-order valence-electron chi connectivity index (χ4n) is 2.31. The Bertz CT molecular complexity index is 844. The first-order valence-corrected chi connectivity index (χ1v) is 9.87. The Hall–Kier alpha value is -2.19. The minimum absolute atomic E-state index is 0.0948.